The largest absolute Gasteiger partial charge is 0.467 e. The fraction of sp³-hybridized carbons (Fsp3) is 0.818. The number of nitrogens with zero attached hydrogens (tertiary/aromatic N) is 1. The molecular formula is C11H20ClFN2O3. The maximum absolute atomic E-state index is 14.1. The Morgan fingerprint density at radius 1 is 1.44 bits per heavy atom. The molecule has 1 fully saturated rings. The van der Waals surface area contributed by atoms with E-state index in [9.17, 15) is 14.0 Å². The van der Waals surface area contributed by atoms with Crippen LogP contribution < -0.4 is 5.73 Å². The topological polar surface area (TPSA) is 72.6 Å². The minimum Gasteiger partial charge on any atom is -0.467 e. The number of halogens is 2. The highest BCUT2D eigenvalue weighted by Crippen LogP contribution is 2.27. The van der Waals surface area contributed by atoms with Crippen LogP contribution in [0, 0.1) is 5.92 Å². The van der Waals surface area contributed by atoms with Crippen LogP contribution in [0.15, 0.2) is 0 Å². The number of hydrogen-bond acceptors (Lipinski definition) is 4. The Kier molecular flexibility index (Phi) is 6.02. The van der Waals surface area contributed by atoms with Crippen LogP contribution in [0.5, 0.6) is 0 Å². The first kappa shape index (κ1) is 17.1. The molecule has 1 heterocycles. The van der Waals surface area contributed by atoms with E-state index in [4.69, 9.17) is 5.73 Å². The Labute approximate surface area is 112 Å². The van der Waals surface area contributed by atoms with Crippen LogP contribution in [0.1, 0.15) is 20.3 Å². The molecule has 7 heteroatoms. The highest BCUT2D eigenvalue weighted by molar-refractivity contribution is 5.86. The average Bonchev–Trinajstić information content (AvgIpc) is 2.70. The van der Waals surface area contributed by atoms with E-state index in [1.807, 2.05) is 13.8 Å². The molecule has 2 N–H and O–H groups in total. The predicted molar refractivity (Wildman–Crippen MR) is 67.1 cm³/mol. The summed E-state index contributed by atoms with van der Waals surface area (Å²) in [6.07, 6.45) is -0.0315. The molecule has 0 aromatic rings. The van der Waals surface area contributed by atoms with Crippen LogP contribution in [0.3, 0.4) is 0 Å². The molecular weight excluding hydrogens is 263 g/mol. The van der Waals surface area contributed by atoms with Crippen molar-refractivity contribution >= 4 is 24.3 Å². The third-order valence-corrected chi connectivity index (χ3v) is 3.09. The normalized spacial score (nSPS) is 24.7. The number of rotatable bonds is 3. The Hall–Kier alpha value is -0.880. The quantitative estimate of drug-likeness (QED) is 0.766. The Morgan fingerprint density at radius 2 is 2.00 bits per heavy atom. The van der Waals surface area contributed by atoms with Gasteiger partial charge in [-0.2, -0.15) is 0 Å². The molecule has 1 aliphatic rings. The summed E-state index contributed by atoms with van der Waals surface area (Å²) in [4.78, 5) is 24.4. The van der Waals surface area contributed by atoms with Crippen LogP contribution in [-0.4, -0.2) is 48.7 Å². The number of carbonyl (C=O) groups is 2. The molecule has 0 aromatic heterocycles. The van der Waals surface area contributed by atoms with E-state index in [0.29, 0.717) is 0 Å². The van der Waals surface area contributed by atoms with Crippen molar-refractivity contribution < 1.29 is 18.7 Å². The van der Waals surface area contributed by atoms with Gasteiger partial charge in [0.1, 0.15) is 0 Å². The van der Waals surface area contributed by atoms with E-state index in [2.05, 4.69) is 4.74 Å². The minimum atomic E-state index is -2.08. The number of hydrogen-bond donors (Lipinski definition) is 1. The SMILES string of the molecule is COC(=O)C1(F)CCN(C(=O)[C@@H](N)C(C)C)C1.Cl. The summed E-state index contributed by atoms with van der Waals surface area (Å²) in [6, 6.07) is -0.657. The molecule has 1 rings (SSSR count). The van der Waals surface area contributed by atoms with E-state index in [-0.39, 0.29) is 43.7 Å². The molecule has 1 saturated heterocycles. The summed E-state index contributed by atoms with van der Waals surface area (Å²) in [5.41, 5.74) is 3.62. The number of esters is 1. The fourth-order valence-corrected chi connectivity index (χ4v) is 1.81. The van der Waals surface area contributed by atoms with E-state index in [1.54, 1.807) is 0 Å². The molecule has 0 aromatic carbocycles. The summed E-state index contributed by atoms with van der Waals surface area (Å²) < 4.78 is 18.5. The lowest BCUT2D eigenvalue weighted by Gasteiger charge is -2.23. The van der Waals surface area contributed by atoms with E-state index in [1.165, 1.54) is 4.90 Å². The van der Waals surface area contributed by atoms with Gasteiger partial charge in [0, 0.05) is 13.0 Å². The van der Waals surface area contributed by atoms with Crippen molar-refractivity contribution in [3.8, 4) is 0 Å². The third kappa shape index (κ3) is 3.32. The summed E-state index contributed by atoms with van der Waals surface area (Å²) in [7, 11) is 1.13. The van der Waals surface area contributed by atoms with Gasteiger partial charge in [0.15, 0.2) is 0 Å². The van der Waals surface area contributed by atoms with Crippen LogP contribution >= 0.6 is 12.4 Å². The van der Waals surface area contributed by atoms with Crippen LogP contribution in [-0.2, 0) is 14.3 Å². The maximum Gasteiger partial charge on any atom is 0.345 e. The van der Waals surface area contributed by atoms with Crippen LogP contribution in [0.2, 0.25) is 0 Å². The molecule has 1 unspecified atom stereocenters. The zero-order chi connectivity index (χ0) is 13.2. The average molecular weight is 283 g/mol. The van der Waals surface area contributed by atoms with Crippen molar-refractivity contribution in [3.05, 3.63) is 0 Å². The lowest BCUT2D eigenvalue weighted by atomic mass is 10.0. The highest BCUT2D eigenvalue weighted by Gasteiger charge is 2.48. The fourth-order valence-electron chi connectivity index (χ4n) is 1.81. The van der Waals surface area contributed by atoms with Gasteiger partial charge in [0.05, 0.1) is 19.7 Å². The molecule has 0 bridgehead atoms. The second kappa shape index (κ2) is 6.33. The third-order valence-electron chi connectivity index (χ3n) is 3.09. The van der Waals surface area contributed by atoms with Gasteiger partial charge in [0.2, 0.25) is 11.6 Å². The Bertz CT molecular complexity index is 327. The van der Waals surface area contributed by atoms with Gasteiger partial charge >= 0.3 is 5.97 Å². The second-order valence-electron chi connectivity index (χ2n) is 4.74. The van der Waals surface area contributed by atoms with Gasteiger partial charge in [-0.3, -0.25) is 4.79 Å². The number of alkyl halides is 1. The molecule has 106 valence electrons. The smallest absolute Gasteiger partial charge is 0.345 e. The van der Waals surface area contributed by atoms with Crippen LogP contribution in [0.4, 0.5) is 4.39 Å². The standard InChI is InChI=1S/C11H19FN2O3.ClH/c1-7(2)8(13)9(15)14-5-4-11(12,6-14)10(16)17-3;/h7-8H,4-6,13H2,1-3H3;1H/t8-,11?;/m0./s1. The Balaban J connectivity index is 0.00000289. The van der Waals surface area contributed by atoms with Gasteiger partial charge in [-0.25, -0.2) is 9.18 Å². The predicted octanol–water partition coefficient (Wildman–Crippen LogP) is 0.505. The highest BCUT2D eigenvalue weighted by atomic mass is 35.5. The van der Waals surface area contributed by atoms with E-state index >= 15 is 0 Å². The van der Waals surface area contributed by atoms with Crippen molar-refractivity contribution in [2.24, 2.45) is 11.7 Å². The van der Waals surface area contributed by atoms with Crippen molar-refractivity contribution in [1.82, 2.24) is 4.90 Å². The zero-order valence-electron chi connectivity index (χ0n) is 10.8. The Morgan fingerprint density at radius 3 is 2.44 bits per heavy atom. The lowest BCUT2D eigenvalue weighted by molar-refractivity contribution is -0.154. The van der Waals surface area contributed by atoms with Gasteiger partial charge in [-0.1, -0.05) is 13.8 Å². The van der Waals surface area contributed by atoms with Gasteiger partial charge in [-0.05, 0) is 5.92 Å². The molecule has 0 aliphatic carbocycles. The number of ether oxygens (including phenoxy) is 1. The summed E-state index contributed by atoms with van der Waals surface area (Å²) in [5, 5.41) is 0. The summed E-state index contributed by atoms with van der Waals surface area (Å²) in [5.74, 6) is -1.26. The molecule has 0 spiro atoms. The molecule has 1 amide bonds. The first-order chi connectivity index (χ1) is 7.81. The minimum absolute atomic E-state index is 0. The molecule has 0 saturated carbocycles. The molecule has 2 atom stereocenters. The van der Waals surface area contributed by atoms with Crippen LogP contribution in [0.25, 0.3) is 0 Å². The number of amides is 1. The number of carbonyl (C=O) groups excluding carboxylic acids is 2. The monoisotopic (exact) mass is 282 g/mol. The first-order valence-corrected chi connectivity index (χ1v) is 5.63. The molecule has 0 radical (unpaired) electrons. The van der Waals surface area contributed by atoms with Crippen molar-refractivity contribution in [2.75, 3.05) is 20.2 Å². The number of methoxy groups -OCH3 is 1. The first-order valence-electron chi connectivity index (χ1n) is 5.63. The second-order valence-corrected chi connectivity index (χ2v) is 4.74. The zero-order valence-corrected chi connectivity index (χ0v) is 11.6. The summed E-state index contributed by atoms with van der Waals surface area (Å²) >= 11 is 0. The van der Waals surface area contributed by atoms with Gasteiger partial charge in [-0.15, -0.1) is 12.4 Å². The molecule has 5 nitrogen and oxygen atoms in total. The summed E-state index contributed by atoms with van der Waals surface area (Å²) in [6.45, 7) is 3.58. The van der Waals surface area contributed by atoms with Crippen molar-refractivity contribution in [2.45, 2.75) is 32.0 Å². The molecule has 1 aliphatic heterocycles. The van der Waals surface area contributed by atoms with E-state index < -0.39 is 17.7 Å². The number of nitrogens with two attached hydrogens (primary N) is 1. The van der Waals surface area contributed by atoms with E-state index in [0.717, 1.165) is 7.11 Å². The van der Waals surface area contributed by atoms with Crippen molar-refractivity contribution in [1.29, 1.82) is 0 Å². The lowest BCUT2D eigenvalue weighted by Crippen LogP contribution is -2.47. The van der Waals surface area contributed by atoms with Gasteiger partial charge in [0.25, 0.3) is 0 Å². The van der Waals surface area contributed by atoms with Gasteiger partial charge < -0.3 is 15.4 Å². The van der Waals surface area contributed by atoms with Crippen molar-refractivity contribution in [3.63, 3.8) is 0 Å². The maximum atomic E-state index is 14.1. The molecule has 18 heavy (non-hydrogen) atoms. The number of likely N-dealkylation sites (tertiary alicyclic amines) is 1.